The van der Waals surface area contributed by atoms with Gasteiger partial charge in [-0.15, -0.1) is 0 Å². The molecule has 0 aliphatic carbocycles. The monoisotopic (exact) mass is 241 g/mol. The van der Waals surface area contributed by atoms with Crippen LogP contribution < -0.4 is 0 Å². The van der Waals surface area contributed by atoms with Gasteiger partial charge in [-0.05, 0) is 18.9 Å². The van der Waals surface area contributed by atoms with Crippen molar-refractivity contribution >= 4 is 11.7 Å². The standard InChI is InChI=1S/C11H12FNO4/c1-3-4-17-11(14)9-6-8(13(15)16)5-7(2)10(9)12/h5-6H,3-4H2,1-2H3. The lowest BCUT2D eigenvalue weighted by Gasteiger charge is -2.06. The Bertz CT molecular complexity index is 459. The van der Waals surface area contributed by atoms with Crippen LogP contribution in [0, 0.1) is 22.9 Å². The number of non-ortho nitro benzene ring substituents is 1. The van der Waals surface area contributed by atoms with E-state index in [1.807, 2.05) is 0 Å². The summed E-state index contributed by atoms with van der Waals surface area (Å²) in [5.74, 6) is -1.66. The minimum atomic E-state index is -0.879. The van der Waals surface area contributed by atoms with Gasteiger partial charge in [-0.3, -0.25) is 10.1 Å². The van der Waals surface area contributed by atoms with Crippen LogP contribution in [-0.2, 0) is 4.74 Å². The number of esters is 1. The molecule has 0 fully saturated rings. The van der Waals surface area contributed by atoms with Crippen molar-refractivity contribution < 1.29 is 18.8 Å². The number of nitro benzene ring substituents is 1. The molecule has 0 saturated heterocycles. The van der Waals surface area contributed by atoms with Crippen LogP contribution in [0.4, 0.5) is 10.1 Å². The molecule has 1 aromatic rings. The Morgan fingerprint density at radius 1 is 1.53 bits per heavy atom. The summed E-state index contributed by atoms with van der Waals surface area (Å²) in [6.07, 6.45) is 0.598. The Morgan fingerprint density at radius 2 is 2.18 bits per heavy atom. The molecular weight excluding hydrogens is 229 g/mol. The average Bonchev–Trinajstić information content (AvgIpc) is 2.29. The van der Waals surface area contributed by atoms with E-state index in [9.17, 15) is 19.3 Å². The van der Waals surface area contributed by atoms with Crippen LogP contribution in [0.25, 0.3) is 0 Å². The van der Waals surface area contributed by atoms with Gasteiger partial charge in [-0.25, -0.2) is 9.18 Å². The van der Waals surface area contributed by atoms with Gasteiger partial charge in [0.05, 0.1) is 11.5 Å². The molecule has 0 atom stereocenters. The van der Waals surface area contributed by atoms with Crippen LogP contribution in [0.15, 0.2) is 12.1 Å². The van der Waals surface area contributed by atoms with Crippen LogP contribution in [-0.4, -0.2) is 17.5 Å². The second kappa shape index (κ2) is 5.38. The SMILES string of the molecule is CCCOC(=O)c1cc([N+](=O)[O-])cc(C)c1F. The number of nitro groups is 1. The van der Waals surface area contributed by atoms with E-state index >= 15 is 0 Å². The highest BCUT2D eigenvalue weighted by Gasteiger charge is 2.20. The largest absolute Gasteiger partial charge is 0.462 e. The number of carbonyl (C=O) groups excluding carboxylic acids is 1. The van der Waals surface area contributed by atoms with Gasteiger partial charge in [0.15, 0.2) is 0 Å². The zero-order valence-corrected chi connectivity index (χ0v) is 9.53. The predicted molar refractivity (Wildman–Crippen MR) is 58.4 cm³/mol. The molecule has 0 unspecified atom stereocenters. The highest BCUT2D eigenvalue weighted by atomic mass is 19.1. The summed E-state index contributed by atoms with van der Waals surface area (Å²) in [6.45, 7) is 3.31. The molecule has 0 N–H and O–H groups in total. The minimum absolute atomic E-state index is 0.0441. The molecule has 0 heterocycles. The smallest absolute Gasteiger partial charge is 0.341 e. The quantitative estimate of drug-likeness (QED) is 0.461. The van der Waals surface area contributed by atoms with Crippen molar-refractivity contribution in [1.29, 1.82) is 0 Å². The van der Waals surface area contributed by atoms with Crippen molar-refractivity contribution in [3.63, 3.8) is 0 Å². The van der Waals surface area contributed by atoms with E-state index in [2.05, 4.69) is 0 Å². The van der Waals surface area contributed by atoms with E-state index in [1.165, 1.54) is 6.92 Å². The van der Waals surface area contributed by atoms with Crippen LogP contribution in [0.2, 0.25) is 0 Å². The van der Waals surface area contributed by atoms with Gasteiger partial charge < -0.3 is 4.74 Å². The summed E-state index contributed by atoms with van der Waals surface area (Å²) in [5.41, 5.74) is -0.680. The number of hydrogen-bond donors (Lipinski definition) is 0. The fourth-order valence-corrected chi connectivity index (χ4v) is 1.28. The van der Waals surface area contributed by atoms with Gasteiger partial charge in [0.2, 0.25) is 0 Å². The number of halogens is 1. The molecule has 0 aromatic heterocycles. The molecule has 0 bridgehead atoms. The molecule has 0 radical (unpaired) electrons. The normalized spacial score (nSPS) is 10.1. The van der Waals surface area contributed by atoms with Crippen LogP contribution in [0.1, 0.15) is 29.3 Å². The lowest BCUT2D eigenvalue weighted by molar-refractivity contribution is -0.385. The molecule has 5 nitrogen and oxygen atoms in total. The Labute approximate surface area is 97.3 Å². The Balaban J connectivity index is 3.13. The Hall–Kier alpha value is -1.98. The molecule has 0 aliphatic heterocycles. The fraction of sp³-hybridized carbons (Fsp3) is 0.364. The lowest BCUT2D eigenvalue weighted by atomic mass is 10.1. The van der Waals surface area contributed by atoms with Crippen molar-refractivity contribution in [1.82, 2.24) is 0 Å². The number of nitrogens with zero attached hydrogens (tertiary/aromatic N) is 1. The summed E-state index contributed by atoms with van der Waals surface area (Å²) < 4.78 is 18.3. The van der Waals surface area contributed by atoms with Crippen LogP contribution in [0.5, 0.6) is 0 Å². The molecule has 0 aliphatic rings. The topological polar surface area (TPSA) is 69.4 Å². The highest BCUT2D eigenvalue weighted by molar-refractivity contribution is 5.90. The van der Waals surface area contributed by atoms with E-state index in [0.29, 0.717) is 6.42 Å². The second-order valence-corrected chi connectivity index (χ2v) is 3.52. The van der Waals surface area contributed by atoms with Gasteiger partial charge in [0.25, 0.3) is 5.69 Å². The fourth-order valence-electron chi connectivity index (χ4n) is 1.28. The molecule has 1 aromatic carbocycles. The lowest BCUT2D eigenvalue weighted by Crippen LogP contribution is -2.10. The Kier molecular flexibility index (Phi) is 4.14. The van der Waals surface area contributed by atoms with Crippen molar-refractivity contribution in [3.05, 3.63) is 39.2 Å². The molecular formula is C11H12FNO4. The second-order valence-electron chi connectivity index (χ2n) is 3.52. The third-order valence-corrected chi connectivity index (χ3v) is 2.11. The summed E-state index contributed by atoms with van der Waals surface area (Å²) in [7, 11) is 0. The van der Waals surface area contributed by atoms with Gasteiger partial charge >= 0.3 is 5.97 Å². The maximum atomic E-state index is 13.6. The first-order valence-corrected chi connectivity index (χ1v) is 5.09. The Morgan fingerprint density at radius 3 is 2.71 bits per heavy atom. The maximum absolute atomic E-state index is 13.6. The number of rotatable bonds is 4. The van der Waals surface area contributed by atoms with E-state index in [-0.39, 0.29) is 17.9 Å². The number of hydrogen-bond acceptors (Lipinski definition) is 4. The third-order valence-electron chi connectivity index (χ3n) is 2.11. The van der Waals surface area contributed by atoms with E-state index in [4.69, 9.17) is 4.74 Å². The van der Waals surface area contributed by atoms with E-state index in [1.54, 1.807) is 6.92 Å². The zero-order chi connectivity index (χ0) is 13.0. The van der Waals surface area contributed by atoms with Gasteiger partial charge in [-0.2, -0.15) is 0 Å². The van der Waals surface area contributed by atoms with Crippen molar-refractivity contribution in [3.8, 4) is 0 Å². The third kappa shape index (κ3) is 2.99. The number of ether oxygens (including phenoxy) is 1. The summed E-state index contributed by atoms with van der Waals surface area (Å²) in [4.78, 5) is 21.4. The molecule has 6 heteroatoms. The summed E-state index contributed by atoms with van der Waals surface area (Å²) in [6, 6.07) is 1.96. The van der Waals surface area contributed by atoms with Crippen LogP contribution in [0.3, 0.4) is 0 Å². The first kappa shape index (κ1) is 13.1. The molecule has 0 saturated carbocycles. The molecule has 0 amide bonds. The minimum Gasteiger partial charge on any atom is -0.462 e. The van der Waals surface area contributed by atoms with Gasteiger partial charge in [0, 0.05) is 12.1 Å². The van der Waals surface area contributed by atoms with E-state index in [0.717, 1.165) is 12.1 Å². The zero-order valence-electron chi connectivity index (χ0n) is 9.53. The predicted octanol–water partition coefficient (Wildman–Crippen LogP) is 2.61. The van der Waals surface area contributed by atoms with Crippen molar-refractivity contribution in [2.75, 3.05) is 6.61 Å². The maximum Gasteiger partial charge on any atom is 0.341 e. The number of aryl methyl sites for hydroxylation is 1. The average molecular weight is 241 g/mol. The van der Waals surface area contributed by atoms with Crippen molar-refractivity contribution in [2.24, 2.45) is 0 Å². The first-order chi connectivity index (χ1) is 7.97. The van der Waals surface area contributed by atoms with Crippen LogP contribution >= 0.6 is 0 Å². The summed E-state index contributed by atoms with van der Waals surface area (Å²) in [5, 5.41) is 10.6. The van der Waals surface area contributed by atoms with Gasteiger partial charge in [0.1, 0.15) is 11.4 Å². The van der Waals surface area contributed by atoms with Crippen molar-refractivity contribution in [2.45, 2.75) is 20.3 Å². The number of benzene rings is 1. The number of carbonyl (C=O) groups is 1. The molecule has 17 heavy (non-hydrogen) atoms. The van der Waals surface area contributed by atoms with Gasteiger partial charge in [-0.1, -0.05) is 6.92 Å². The first-order valence-electron chi connectivity index (χ1n) is 5.09. The molecule has 0 spiro atoms. The summed E-state index contributed by atoms with van der Waals surface area (Å²) >= 11 is 0. The van der Waals surface area contributed by atoms with E-state index < -0.39 is 22.3 Å². The molecule has 1 rings (SSSR count). The highest BCUT2D eigenvalue weighted by Crippen LogP contribution is 2.21. The molecule has 92 valence electrons.